The van der Waals surface area contributed by atoms with Gasteiger partial charge in [-0.25, -0.2) is 0 Å². The van der Waals surface area contributed by atoms with Crippen LogP contribution in [-0.4, -0.2) is 47.7 Å². The van der Waals surface area contributed by atoms with Gasteiger partial charge in [0.15, 0.2) is 11.5 Å². The first-order valence-corrected chi connectivity index (χ1v) is 12.6. The van der Waals surface area contributed by atoms with Gasteiger partial charge in [-0.05, 0) is 55.0 Å². The van der Waals surface area contributed by atoms with E-state index in [0.717, 1.165) is 53.4 Å². The SMILES string of the molecule is COc1ccc(/C=C2\SC(=S)N(CC(=O)Nc3sc4c(c3C(N)=O)CCCC4)C2=O)cc1OC. The minimum atomic E-state index is -0.557. The Morgan fingerprint density at radius 1 is 1.21 bits per heavy atom. The van der Waals surface area contributed by atoms with E-state index in [1.54, 1.807) is 31.4 Å². The summed E-state index contributed by atoms with van der Waals surface area (Å²) < 4.78 is 10.8. The second-order valence-corrected chi connectivity index (χ2v) is 10.5. The van der Waals surface area contributed by atoms with Crippen molar-refractivity contribution in [2.45, 2.75) is 25.7 Å². The van der Waals surface area contributed by atoms with Crippen molar-refractivity contribution in [3.63, 3.8) is 0 Å². The number of nitrogens with zero attached hydrogens (tertiary/aromatic N) is 1. The number of nitrogens with one attached hydrogen (secondary N) is 1. The zero-order valence-corrected chi connectivity index (χ0v) is 21.1. The lowest BCUT2D eigenvalue weighted by Crippen LogP contribution is -2.36. The highest BCUT2D eigenvalue weighted by molar-refractivity contribution is 8.26. The van der Waals surface area contributed by atoms with E-state index in [-0.39, 0.29) is 16.8 Å². The monoisotopic (exact) mass is 517 g/mol. The zero-order valence-electron chi connectivity index (χ0n) is 18.6. The lowest BCUT2D eigenvalue weighted by atomic mass is 9.95. The van der Waals surface area contributed by atoms with Crippen molar-refractivity contribution in [3.8, 4) is 11.5 Å². The molecule has 0 unspecified atom stereocenters. The third-order valence-electron chi connectivity index (χ3n) is 5.55. The minimum Gasteiger partial charge on any atom is -0.493 e. The molecule has 1 aromatic heterocycles. The van der Waals surface area contributed by atoms with Crippen molar-refractivity contribution >= 4 is 68.4 Å². The summed E-state index contributed by atoms with van der Waals surface area (Å²) >= 11 is 7.85. The van der Waals surface area contributed by atoms with Gasteiger partial charge < -0.3 is 20.5 Å². The summed E-state index contributed by atoms with van der Waals surface area (Å²) in [6.45, 7) is -0.255. The number of primary amides is 1. The lowest BCUT2D eigenvalue weighted by molar-refractivity contribution is -0.126. The number of thioether (sulfide) groups is 1. The Balaban J connectivity index is 1.49. The van der Waals surface area contributed by atoms with Gasteiger partial charge >= 0.3 is 0 Å². The fourth-order valence-electron chi connectivity index (χ4n) is 3.95. The number of thiophene rings is 1. The summed E-state index contributed by atoms with van der Waals surface area (Å²) in [4.78, 5) is 40.5. The molecule has 0 spiro atoms. The smallest absolute Gasteiger partial charge is 0.266 e. The van der Waals surface area contributed by atoms with Gasteiger partial charge in [-0.3, -0.25) is 19.3 Å². The second-order valence-electron chi connectivity index (χ2n) is 7.71. The molecule has 1 aliphatic heterocycles. The normalized spacial score (nSPS) is 16.5. The molecule has 3 N–H and O–H groups in total. The summed E-state index contributed by atoms with van der Waals surface area (Å²) in [5.41, 5.74) is 7.65. The van der Waals surface area contributed by atoms with E-state index >= 15 is 0 Å². The number of amides is 3. The molecule has 1 aliphatic carbocycles. The van der Waals surface area contributed by atoms with Gasteiger partial charge in [-0.1, -0.05) is 30.0 Å². The molecule has 8 nitrogen and oxygen atoms in total. The predicted octanol–water partition coefficient (Wildman–Crippen LogP) is 3.58. The molecule has 4 rings (SSSR count). The number of anilines is 1. The molecule has 3 amide bonds. The number of rotatable bonds is 7. The summed E-state index contributed by atoms with van der Waals surface area (Å²) in [7, 11) is 3.08. The fourth-order valence-corrected chi connectivity index (χ4v) is 6.52. The quantitative estimate of drug-likeness (QED) is 0.427. The first-order chi connectivity index (χ1) is 16.3. The number of benzene rings is 1. The number of carbonyl (C=O) groups excluding carboxylic acids is 3. The maximum absolute atomic E-state index is 13.0. The molecule has 0 bridgehead atoms. The number of aryl methyl sites for hydroxylation is 1. The topological polar surface area (TPSA) is 111 Å². The van der Waals surface area contributed by atoms with E-state index < -0.39 is 11.8 Å². The third kappa shape index (κ3) is 4.82. The Morgan fingerprint density at radius 3 is 2.65 bits per heavy atom. The van der Waals surface area contributed by atoms with Gasteiger partial charge in [-0.15, -0.1) is 11.3 Å². The maximum atomic E-state index is 13.0. The van der Waals surface area contributed by atoms with E-state index in [1.165, 1.54) is 23.3 Å². The van der Waals surface area contributed by atoms with Crippen molar-refractivity contribution < 1.29 is 23.9 Å². The molecular formula is C23H23N3O5S3. The molecule has 0 atom stereocenters. The van der Waals surface area contributed by atoms with Crippen molar-refractivity contribution in [2.75, 3.05) is 26.1 Å². The van der Waals surface area contributed by atoms with Crippen molar-refractivity contribution in [3.05, 3.63) is 44.7 Å². The maximum Gasteiger partial charge on any atom is 0.266 e. The van der Waals surface area contributed by atoms with Crippen LogP contribution in [0.3, 0.4) is 0 Å². The molecular weight excluding hydrogens is 494 g/mol. The van der Waals surface area contributed by atoms with E-state index in [2.05, 4.69) is 5.32 Å². The van der Waals surface area contributed by atoms with E-state index in [9.17, 15) is 14.4 Å². The van der Waals surface area contributed by atoms with Gasteiger partial charge in [0, 0.05) is 4.88 Å². The van der Waals surface area contributed by atoms with Gasteiger partial charge in [0.25, 0.3) is 11.8 Å². The molecule has 1 aromatic carbocycles. The molecule has 0 radical (unpaired) electrons. The molecule has 34 heavy (non-hydrogen) atoms. The summed E-state index contributed by atoms with van der Waals surface area (Å²) in [5.74, 6) is -0.243. The number of ether oxygens (including phenoxy) is 2. The first kappa shape index (κ1) is 24.2. The number of carbonyl (C=O) groups is 3. The van der Waals surface area contributed by atoms with Gasteiger partial charge in [0.05, 0.1) is 24.7 Å². The van der Waals surface area contributed by atoms with Gasteiger partial charge in [-0.2, -0.15) is 0 Å². The fraction of sp³-hybridized carbons (Fsp3) is 0.304. The predicted molar refractivity (Wildman–Crippen MR) is 138 cm³/mol. The first-order valence-electron chi connectivity index (χ1n) is 10.5. The average molecular weight is 518 g/mol. The summed E-state index contributed by atoms with van der Waals surface area (Å²) in [6.07, 6.45) is 5.36. The molecule has 2 aromatic rings. The van der Waals surface area contributed by atoms with Crippen molar-refractivity contribution in [1.29, 1.82) is 0 Å². The Morgan fingerprint density at radius 2 is 1.94 bits per heavy atom. The number of hydrogen-bond acceptors (Lipinski definition) is 8. The van der Waals surface area contributed by atoms with E-state index in [1.807, 2.05) is 0 Å². The van der Waals surface area contributed by atoms with Crippen LogP contribution in [0.2, 0.25) is 0 Å². The highest BCUT2D eigenvalue weighted by Crippen LogP contribution is 2.38. The minimum absolute atomic E-state index is 0.255. The largest absolute Gasteiger partial charge is 0.493 e. The Hall–Kier alpha value is -2.89. The number of methoxy groups -OCH3 is 2. The van der Waals surface area contributed by atoms with Crippen molar-refractivity contribution in [1.82, 2.24) is 4.90 Å². The second kappa shape index (κ2) is 10.2. The zero-order chi connectivity index (χ0) is 24.4. The number of hydrogen-bond donors (Lipinski definition) is 2. The summed E-state index contributed by atoms with van der Waals surface area (Å²) in [5, 5.41) is 3.22. The Bertz CT molecular complexity index is 1220. The van der Waals surface area contributed by atoms with Crippen LogP contribution in [0, 0.1) is 0 Å². The highest BCUT2D eigenvalue weighted by Gasteiger charge is 2.34. The molecule has 0 saturated carbocycles. The molecule has 1 saturated heterocycles. The van der Waals surface area contributed by atoms with Crippen LogP contribution in [0.15, 0.2) is 23.1 Å². The Kier molecular flexibility index (Phi) is 7.24. The molecule has 11 heteroatoms. The third-order valence-corrected chi connectivity index (χ3v) is 8.14. The van der Waals surface area contributed by atoms with E-state index in [4.69, 9.17) is 27.4 Å². The number of thiocarbonyl (C=S) groups is 1. The molecule has 178 valence electrons. The van der Waals surface area contributed by atoms with E-state index in [0.29, 0.717) is 27.0 Å². The molecule has 1 fully saturated rings. The molecule has 2 aliphatic rings. The van der Waals surface area contributed by atoms with Crippen molar-refractivity contribution in [2.24, 2.45) is 5.73 Å². The molecule has 2 heterocycles. The van der Waals surface area contributed by atoms with Gasteiger partial charge in [0.2, 0.25) is 5.91 Å². The van der Waals surface area contributed by atoms with Crippen LogP contribution < -0.4 is 20.5 Å². The lowest BCUT2D eigenvalue weighted by Gasteiger charge is -2.14. The summed E-state index contributed by atoms with van der Waals surface area (Å²) in [6, 6.07) is 5.29. The number of fused-ring (bicyclic) bond motifs is 1. The van der Waals surface area contributed by atoms with Crippen LogP contribution in [0.1, 0.15) is 39.2 Å². The van der Waals surface area contributed by atoms with Crippen LogP contribution in [0.25, 0.3) is 6.08 Å². The van der Waals surface area contributed by atoms with Crippen LogP contribution in [-0.2, 0) is 22.4 Å². The van der Waals surface area contributed by atoms with Crippen LogP contribution >= 0.6 is 35.3 Å². The Labute approximate surface area is 210 Å². The average Bonchev–Trinajstić information content (AvgIpc) is 3.30. The van der Waals surface area contributed by atoms with Crippen LogP contribution in [0.5, 0.6) is 11.5 Å². The number of nitrogens with two attached hydrogens (primary N) is 1. The standard InChI is InChI=1S/C23H23N3O5S3/c1-30-14-8-7-12(9-15(14)31-2)10-17-22(29)26(23(32)34-17)11-18(27)25-21-19(20(24)28)13-5-3-4-6-16(13)33-21/h7-10H,3-6,11H2,1-2H3,(H2,24,28)(H,25,27)/b17-10-. The van der Waals surface area contributed by atoms with Crippen LogP contribution in [0.4, 0.5) is 5.00 Å². The highest BCUT2D eigenvalue weighted by atomic mass is 32.2. The van der Waals surface area contributed by atoms with Gasteiger partial charge in [0.1, 0.15) is 15.9 Å².